The van der Waals surface area contributed by atoms with E-state index in [-0.39, 0.29) is 11.6 Å². The molecule has 0 radical (unpaired) electrons. The number of nitrogens with zero attached hydrogens (tertiary/aromatic N) is 3. The van der Waals surface area contributed by atoms with Gasteiger partial charge in [-0.3, -0.25) is 4.79 Å². The van der Waals surface area contributed by atoms with Gasteiger partial charge in [0.05, 0.1) is 0 Å². The molecule has 0 saturated carbocycles. The van der Waals surface area contributed by atoms with E-state index in [0.717, 1.165) is 11.0 Å². The molecule has 0 aliphatic carbocycles. The molecule has 0 aliphatic heterocycles. The van der Waals surface area contributed by atoms with Crippen molar-refractivity contribution < 1.29 is 4.79 Å². The molecular formula is C19H17BrN4O. The third kappa shape index (κ3) is 4.64. The average molecular weight is 397 g/mol. The summed E-state index contributed by atoms with van der Waals surface area (Å²) in [7, 11) is 1.94. The van der Waals surface area contributed by atoms with Gasteiger partial charge in [0, 0.05) is 23.8 Å². The Bertz CT molecular complexity index is 853. The fraction of sp³-hybridized carbons (Fsp3) is 0.105. The van der Waals surface area contributed by atoms with Crippen LogP contribution in [0.1, 0.15) is 16.1 Å². The summed E-state index contributed by atoms with van der Waals surface area (Å²) in [6.45, 7) is 0.721. The number of hydrogen-bond acceptors (Lipinski definition) is 4. The number of aromatic nitrogens is 2. The van der Waals surface area contributed by atoms with Crippen LogP contribution in [0.2, 0.25) is 0 Å². The van der Waals surface area contributed by atoms with Crippen LogP contribution in [0.15, 0.2) is 71.2 Å². The third-order valence-electron chi connectivity index (χ3n) is 3.62. The van der Waals surface area contributed by atoms with Crippen molar-refractivity contribution in [3.8, 4) is 0 Å². The predicted octanol–water partition coefficient (Wildman–Crippen LogP) is 4.13. The number of carbonyl (C=O) groups excluding carboxylic acids is 1. The van der Waals surface area contributed by atoms with Crippen LogP contribution in [-0.2, 0) is 6.54 Å². The van der Waals surface area contributed by atoms with Gasteiger partial charge >= 0.3 is 0 Å². The van der Waals surface area contributed by atoms with Crippen molar-refractivity contribution >= 4 is 33.3 Å². The molecule has 1 aromatic heterocycles. The number of halogens is 1. The van der Waals surface area contributed by atoms with Crippen molar-refractivity contribution in [2.45, 2.75) is 6.54 Å². The average Bonchev–Trinajstić information content (AvgIpc) is 2.62. The number of benzene rings is 2. The smallest absolute Gasteiger partial charge is 0.276 e. The van der Waals surface area contributed by atoms with E-state index in [1.54, 1.807) is 12.1 Å². The maximum Gasteiger partial charge on any atom is 0.276 e. The van der Waals surface area contributed by atoms with Crippen molar-refractivity contribution in [2.24, 2.45) is 0 Å². The van der Waals surface area contributed by atoms with Crippen molar-refractivity contribution in [3.63, 3.8) is 0 Å². The SMILES string of the molecule is CN(Cc1ccccc1)c1ccc(C(=O)Nc2cccc(Br)c2)nn1. The van der Waals surface area contributed by atoms with E-state index in [0.29, 0.717) is 11.5 Å². The molecule has 2 aromatic carbocycles. The lowest BCUT2D eigenvalue weighted by Crippen LogP contribution is -2.20. The first-order valence-corrected chi connectivity index (χ1v) is 8.57. The zero-order chi connectivity index (χ0) is 17.6. The highest BCUT2D eigenvalue weighted by Crippen LogP contribution is 2.17. The van der Waals surface area contributed by atoms with Gasteiger partial charge in [-0.15, -0.1) is 10.2 Å². The molecule has 1 N–H and O–H groups in total. The van der Waals surface area contributed by atoms with E-state index in [9.17, 15) is 4.79 Å². The molecule has 1 amide bonds. The molecule has 0 bridgehead atoms. The van der Waals surface area contributed by atoms with E-state index in [4.69, 9.17) is 0 Å². The first kappa shape index (κ1) is 17.1. The number of rotatable bonds is 5. The Balaban J connectivity index is 1.66. The molecule has 0 unspecified atom stereocenters. The first-order chi connectivity index (χ1) is 12.1. The van der Waals surface area contributed by atoms with Crippen LogP contribution >= 0.6 is 15.9 Å². The molecule has 126 valence electrons. The van der Waals surface area contributed by atoms with Gasteiger partial charge in [0.1, 0.15) is 0 Å². The minimum atomic E-state index is -0.289. The molecule has 1 heterocycles. The largest absolute Gasteiger partial charge is 0.354 e. The maximum atomic E-state index is 12.3. The fourth-order valence-corrected chi connectivity index (χ4v) is 2.75. The van der Waals surface area contributed by atoms with E-state index in [1.807, 2.05) is 54.4 Å². The van der Waals surface area contributed by atoms with E-state index >= 15 is 0 Å². The van der Waals surface area contributed by atoms with Crippen LogP contribution in [0.3, 0.4) is 0 Å². The normalized spacial score (nSPS) is 10.3. The number of carbonyl (C=O) groups is 1. The lowest BCUT2D eigenvalue weighted by molar-refractivity contribution is 0.102. The highest BCUT2D eigenvalue weighted by molar-refractivity contribution is 9.10. The summed E-state index contributed by atoms with van der Waals surface area (Å²) in [6, 6.07) is 21.0. The number of amides is 1. The standard InChI is InChI=1S/C19H17BrN4O/c1-24(13-14-6-3-2-4-7-14)18-11-10-17(22-23-18)19(25)21-16-9-5-8-15(20)12-16/h2-12H,13H2,1H3,(H,21,25). The van der Waals surface area contributed by atoms with Gasteiger partial charge in [0.15, 0.2) is 11.5 Å². The highest BCUT2D eigenvalue weighted by Gasteiger charge is 2.10. The summed E-state index contributed by atoms with van der Waals surface area (Å²) in [5.74, 6) is 0.422. The minimum absolute atomic E-state index is 0.275. The summed E-state index contributed by atoms with van der Waals surface area (Å²) in [5.41, 5.74) is 2.16. The second kappa shape index (κ2) is 7.90. The second-order valence-electron chi connectivity index (χ2n) is 5.58. The maximum absolute atomic E-state index is 12.3. The predicted molar refractivity (Wildman–Crippen MR) is 103 cm³/mol. The van der Waals surface area contributed by atoms with Gasteiger partial charge in [-0.25, -0.2) is 0 Å². The van der Waals surface area contributed by atoms with Gasteiger partial charge < -0.3 is 10.2 Å². The molecular weight excluding hydrogens is 380 g/mol. The molecule has 3 rings (SSSR count). The summed E-state index contributed by atoms with van der Waals surface area (Å²) < 4.78 is 0.897. The zero-order valence-electron chi connectivity index (χ0n) is 13.7. The Kier molecular flexibility index (Phi) is 5.40. The van der Waals surface area contributed by atoms with Crippen LogP contribution in [0.25, 0.3) is 0 Å². The Hall–Kier alpha value is -2.73. The monoisotopic (exact) mass is 396 g/mol. The molecule has 3 aromatic rings. The summed E-state index contributed by atoms with van der Waals surface area (Å²) in [6.07, 6.45) is 0. The summed E-state index contributed by atoms with van der Waals surface area (Å²) in [5, 5.41) is 11.0. The van der Waals surface area contributed by atoms with Crippen molar-refractivity contribution in [1.29, 1.82) is 0 Å². The van der Waals surface area contributed by atoms with Crippen LogP contribution in [0.4, 0.5) is 11.5 Å². The molecule has 0 atom stereocenters. The van der Waals surface area contributed by atoms with Crippen molar-refractivity contribution in [3.05, 3.63) is 82.5 Å². The van der Waals surface area contributed by atoms with Crippen LogP contribution < -0.4 is 10.2 Å². The second-order valence-corrected chi connectivity index (χ2v) is 6.50. The third-order valence-corrected chi connectivity index (χ3v) is 4.11. The Morgan fingerprint density at radius 3 is 2.52 bits per heavy atom. The van der Waals surface area contributed by atoms with Crippen molar-refractivity contribution in [2.75, 3.05) is 17.3 Å². The lowest BCUT2D eigenvalue weighted by atomic mass is 10.2. The van der Waals surface area contributed by atoms with Crippen molar-refractivity contribution in [1.82, 2.24) is 10.2 Å². The minimum Gasteiger partial charge on any atom is -0.354 e. The zero-order valence-corrected chi connectivity index (χ0v) is 15.3. The number of nitrogens with one attached hydrogen (secondary N) is 1. The number of hydrogen-bond donors (Lipinski definition) is 1. The highest BCUT2D eigenvalue weighted by atomic mass is 79.9. The lowest BCUT2D eigenvalue weighted by Gasteiger charge is -2.17. The van der Waals surface area contributed by atoms with Gasteiger partial charge in [-0.1, -0.05) is 52.3 Å². The Morgan fingerprint density at radius 1 is 1.04 bits per heavy atom. The number of anilines is 2. The van der Waals surface area contributed by atoms with Gasteiger partial charge in [0.2, 0.25) is 0 Å². The molecule has 0 saturated heterocycles. The van der Waals surface area contributed by atoms with E-state index in [1.165, 1.54) is 5.56 Å². The molecule has 0 spiro atoms. The molecule has 0 fully saturated rings. The van der Waals surface area contributed by atoms with Gasteiger partial charge in [-0.2, -0.15) is 0 Å². The molecule has 25 heavy (non-hydrogen) atoms. The van der Waals surface area contributed by atoms with Gasteiger partial charge in [-0.05, 0) is 35.9 Å². The molecule has 0 aliphatic rings. The van der Waals surface area contributed by atoms with E-state index in [2.05, 4.69) is 43.6 Å². The Labute approximate surface area is 154 Å². The summed E-state index contributed by atoms with van der Waals surface area (Å²) >= 11 is 3.38. The van der Waals surface area contributed by atoms with Gasteiger partial charge in [0.25, 0.3) is 5.91 Å². The van der Waals surface area contributed by atoms with Crippen LogP contribution in [0, 0.1) is 0 Å². The Morgan fingerprint density at radius 2 is 1.84 bits per heavy atom. The fourth-order valence-electron chi connectivity index (χ4n) is 2.35. The quantitative estimate of drug-likeness (QED) is 0.704. The molecule has 6 heteroatoms. The van der Waals surface area contributed by atoms with Crippen LogP contribution in [0.5, 0.6) is 0 Å². The first-order valence-electron chi connectivity index (χ1n) is 7.77. The summed E-state index contributed by atoms with van der Waals surface area (Å²) in [4.78, 5) is 14.2. The van der Waals surface area contributed by atoms with E-state index < -0.39 is 0 Å². The molecule has 5 nitrogen and oxygen atoms in total. The van der Waals surface area contributed by atoms with Crippen LogP contribution in [-0.4, -0.2) is 23.2 Å². The topological polar surface area (TPSA) is 58.1 Å².